The highest BCUT2D eigenvalue weighted by Gasteiger charge is 2.22. The topological polar surface area (TPSA) is 59.6 Å². The molecule has 1 saturated heterocycles. The number of hydrogen-bond acceptors (Lipinski definition) is 4. The number of benzene rings is 1. The second-order valence-corrected chi connectivity index (χ2v) is 4.87. The Morgan fingerprint density at radius 3 is 3.21 bits per heavy atom. The Balaban J connectivity index is 1.66. The van der Waals surface area contributed by atoms with E-state index in [4.69, 9.17) is 9.47 Å². The van der Waals surface area contributed by atoms with Gasteiger partial charge in [0.15, 0.2) is 11.5 Å². The predicted octanol–water partition coefficient (Wildman–Crippen LogP) is 1.17. The van der Waals surface area contributed by atoms with Crippen LogP contribution in [0.3, 0.4) is 0 Å². The fourth-order valence-electron chi connectivity index (χ4n) is 2.50. The highest BCUT2D eigenvalue weighted by atomic mass is 16.7. The van der Waals surface area contributed by atoms with Crippen LogP contribution in [0.2, 0.25) is 0 Å². The molecule has 0 bridgehead atoms. The van der Waals surface area contributed by atoms with Crippen molar-refractivity contribution >= 4 is 5.91 Å². The number of hydrogen-bond donors (Lipinski definition) is 2. The fourth-order valence-corrected chi connectivity index (χ4v) is 2.50. The summed E-state index contributed by atoms with van der Waals surface area (Å²) < 4.78 is 10.8. The summed E-state index contributed by atoms with van der Waals surface area (Å²) in [7, 11) is 0. The summed E-state index contributed by atoms with van der Waals surface area (Å²) in [6.45, 7) is 1.68. The van der Waals surface area contributed by atoms with Gasteiger partial charge in [0.1, 0.15) is 0 Å². The Kier molecular flexibility index (Phi) is 3.55. The number of amides is 1. The largest absolute Gasteiger partial charge is 0.454 e. The van der Waals surface area contributed by atoms with Gasteiger partial charge in [-0.25, -0.2) is 0 Å². The van der Waals surface area contributed by atoms with E-state index in [0.717, 1.165) is 42.9 Å². The van der Waals surface area contributed by atoms with Crippen LogP contribution in [-0.2, 0) is 11.3 Å². The van der Waals surface area contributed by atoms with Crippen molar-refractivity contribution in [3.63, 3.8) is 0 Å². The molecular weight excluding hydrogens is 244 g/mol. The second-order valence-electron chi connectivity index (χ2n) is 4.87. The van der Waals surface area contributed by atoms with Crippen LogP contribution in [0.1, 0.15) is 24.8 Å². The zero-order valence-corrected chi connectivity index (χ0v) is 10.8. The number of carbonyl (C=O) groups is 1. The number of para-hydroxylation sites is 1. The molecular formula is C14H18N2O3. The van der Waals surface area contributed by atoms with Crippen LogP contribution in [0.5, 0.6) is 11.5 Å². The van der Waals surface area contributed by atoms with E-state index < -0.39 is 0 Å². The Labute approximate surface area is 112 Å². The molecule has 19 heavy (non-hydrogen) atoms. The Morgan fingerprint density at radius 1 is 1.32 bits per heavy atom. The van der Waals surface area contributed by atoms with E-state index in [2.05, 4.69) is 10.6 Å². The number of rotatable bonds is 3. The number of carbonyl (C=O) groups excluding carboxylic acids is 1. The van der Waals surface area contributed by atoms with Crippen LogP contribution in [0, 0.1) is 0 Å². The summed E-state index contributed by atoms with van der Waals surface area (Å²) in [6, 6.07) is 5.72. The smallest absolute Gasteiger partial charge is 0.237 e. The number of nitrogens with one attached hydrogen (secondary N) is 2. The van der Waals surface area contributed by atoms with Crippen molar-refractivity contribution in [1.29, 1.82) is 0 Å². The molecule has 0 saturated carbocycles. The fraction of sp³-hybridized carbons (Fsp3) is 0.500. The first-order valence-electron chi connectivity index (χ1n) is 6.73. The van der Waals surface area contributed by atoms with Gasteiger partial charge in [-0.1, -0.05) is 12.1 Å². The van der Waals surface area contributed by atoms with Gasteiger partial charge < -0.3 is 20.1 Å². The lowest BCUT2D eigenvalue weighted by Crippen LogP contribution is -2.42. The monoisotopic (exact) mass is 262 g/mol. The summed E-state index contributed by atoms with van der Waals surface area (Å²) in [4.78, 5) is 11.8. The van der Waals surface area contributed by atoms with Crippen molar-refractivity contribution in [1.82, 2.24) is 10.6 Å². The van der Waals surface area contributed by atoms with Crippen molar-refractivity contribution in [2.24, 2.45) is 0 Å². The standard InChI is InChI=1S/C14H18N2O3/c17-14-11(5-1-2-7-15-14)16-8-10-4-3-6-12-13(10)19-9-18-12/h3-4,6,11,16H,1-2,5,7-9H2,(H,15,17). The molecule has 1 fully saturated rings. The molecule has 5 heteroatoms. The molecule has 1 aromatic rings. The van der Waals surface area contributed by atoms with Crippen molar-refractivity contribution in [2.75, 3.05) is 13.3 Å². The third-order valence-electron chi connectivity index (χ3n) is 3.55. The van der Waals surface area contributed by atoms with Crippen LogP contribution in [0.25, 0.3) is 0 Å². The average Bonchev–Trinajstić information content (AvgIpc) is 2.81. The van der Waals surface area contributed by atoms with E-state index >= 15 is 0 Å². The highest BCUT2D eigenvalue weighted by Crippen LogP contribution is 2.35. The minimum atomic E-state index is -0.110. The maximum Gasteiger partial charge on any atom is 0.237 e. The van der Waals surface area contributed by atoms with E-state index in [0.29, 0.717) is 6.54 Å². The second kappa shape index (κ2) is 5.48. The van der Waals surface area contributed by atoms with Crippen molar-refractivity contribution in [2.45, 2.75) is 31.8 Å². The summed E-state index contributed by atoms with van der Waals surface area (Å²) in [5.74, 6) is 1.68. The third-order valence-corrected chi connectivity index (χ3v) is 3.55. The predicted molar refractivity (Wildman–Crippen MR) is 70.1 cm³/mol. The highest BCUT2D eigenvalue weighted by molar-refractivity contribution is 5.81. The molecule has 1 aromatic carbocycles. The van der Waals surface area contributed by atoms with E-state index in [1.165, 1.54) is 0 Å². The number of fused-ring (bicyclic) bond motifs is 1. The van der Waals surface area contributed by atoms with Gasteiger partial charge in [0.2, 0.25) is 12.7 Å². The quantitative estimate of drug-likeness (QED) is 0.858. The molecule has 5 nitrogen and oxygen atoms in total. The molecule has 0 radical (unpaired) electrons. The van der Waals surface area contributed by atoms with Gasteiger partial charge in [0.25, 0.3) is 0 Å². The Hall–Kier alpha value is -1.75. The lowest BCUT2D eigenvalue weighted by Gasteiger charge is -2.15. The van der Waals surface area contributed by atoms with E-state index in [1.807, 2.05) is 18.2 Å². The minimum absolute atomic E-state index is 0.0993. The molecule has 102 valence electrons. The van der Waals surface area contributed by atoms with Crippen LogP contribution >= 0.6 is 0 Å². The maximum atomic E-state index is 11.8. The molecule has 1 atom stereocenters. The molecule has 3 rings (SSSR count). The third kappa shape index (κ3) is 2.66. The van der Waals surface area contributed by atoms with Crippen LogP contribution in [0.15, 0.2) is 18.2 Å². The van der Waals surface area contributed by atoms with Crippen LogP contribution in [0.4, 0.5) is 0 Å². The van der Waals surface area contributed by atoms with Gasteiger partial charge in [-0.2, -0.15) is 0 Å². The van der Waals surface area contributed by atoms with Gasteiger partial charge in [0, 0.05) is 18.7 Å². The molecule has 1 amide bonds. The lowest BCUT2D eigenvalue weighted by molar-refractivity contribution is -0.122. The molecule has 0 spiro atoms. The van der Waals surface area contributed by atoms with E-state index in [9.17, 15) is 4.79 Å². The Morgan fingerprint density at radius 2 is 2.26 bits per heavy atom. The summed E-state index contributed by atoms with van der Waals surface area (Å²) >= 11 is 0. The molecule has 0 aliphatic carbocycles. The van der Waals surface area contributed by atoms with E-state index in [1.54, 1.807) is 0 Å². The summed E-state index contributed by atoms with van der Waals surface area (Å²) in [5, 5.41) is 6.24. The van der Waals surface area contributed by atoms with Crippen molar-refractivity contribution in [3.8, 4) is 11.5 Å². The molecule has 2 N–H and O–H groups in total. The molecule has 2 heterocycles. The minimum Gasteiger partial charge on any atom is -0.454 e. The molecule has 2 aliphatic heterocycles. The SMILES string of the molecule is O=C1NCCCCC1NCc1cccc2c1OCO2. The number of ether oxygens (including phenoxy) is 2. The maximum absolute atomic E-state index is 11.8. The van der Waals surface area contributed by atoms with Gasteiger partial charge in [-0.3, -0.25) is 4.79 Å². The molecule has 1 unspecified atom stereocenters. The van der Waals surface area contributed by atoms with Gasteiger partial charge in [-0.05, 0) is 25.3 Å². The Bertz CT molecular complexity index is 476. The van der Waals surface area contributed by atoms with Crippen LogP contribution in [-0.4, -0.2) is 25.3 Å². The average molecular weight is 262 g/mol. The van der Waals surface area contributed by atoms with E-state index in [-0.39, 0.29) is 18.7 Å². The zero-order valence-electron chi connectivity index (χ0n) is 10.8. The first kappa shape index (κ1) is 12.3. The van der Waals surface area contributed by atoms with Crippen LogP contribution < -0.4 is 20.1 Å². The summed E-state index contributed by atoms with van der Waals surface area (Å²) in [6.07, 6.45) is 3.02. The van der Waals surface area contributed by atoms with Gasteiger partial charge in [0.05, 0.1) is 6.04 Å². The normalized spacial score (nSPS) is 21.9. The van der Waals surface area contributed by atoms with Gasteiger partial charge in [-0.15, -0.1) is 0 Å². The zero-order chi connectivity index (χ0) is 13.1. The molecule has 0 aromatic heterocycles. The summed E-state index contributed by atoms with van der Waals surface area (Å²) in [5.41, 5.74) is 1.03. The first-order valence-corrected chi connectivity index (χ1v) is 6.73. The van der Waals surface area contributed by atoms with Crippen molar-refractivity contribution < 1.29 is 14.3 Å². The lowest BCUT2D eigenvalue weighted by atomic mass is 10.1. The first-order chi connectivity index (χ1) is 9.34. The molecule has 2 aliphatic rings. The van der Waals surface area contributed by atoms with Crippen molar-refractivity contribution in [3.05, 3.63) is 23.8 Å². The van der Waals surface area contributed by atoms with Gasteiger partial charge >= 0.3 is 0 Å².